The van der Waals surface area contributed by atoms with Crippen molar-refractivity contribution in [2.75, 3.05) is 25.0 Å². The van der Waals surface area contributed by atoms with Crippen LogP contribution in [0.15, 0.2) is 84.2 Å². The van der Waals surface area contributed by atoms with Crippen LogP contribution in [0.3, 0.4) is 0 Å². The molecule has 4 rings (SSSR count). The Hall–Kier alpha value is -3.97. The number of rotatable bonds is 11. The van der Waals surface area contributed by atoms with Crippen LogP contribution in [0, 0.1) is 0 Å². The lowest BCUT2D eigenvalue weighted by molar-refractivity contribution is -0.137. The van der Waals surface area contributed by atoms with E-state index in [9.17, 15) is 9.59 Å². The van der Waals surface area contributed by atoms with Gasteiger partial charge in [-0.1, -0.05) is 80.1 Å². The Balaban J connectivity index is 1.47. The predicted octanol–water partition coefficient (Wildman–Crippen LogP) is 6.44. The molecule has 1 heterocycles. The number of aliphatic carboxylic acids is 1. The Labute approximate surface area is 221 Å². The molecular weight excluding hydrogens is 482 g/mol. The number of unbranched alkanes of at least 4 members (excludes halogenated alkanes) is 1. The van der Waals surface area contributed by atoms with Crippen LogP contribution in [0.4, 0.5) is 5.13 Å². The number of anilines is 1. The SMILES string of the molecule is CCCCN(Cc1ccc(C(=O)N(C)CC(=O)O)cc1)c1nc(-c2ccc(-c3ccccc3)cc2)cs1. The molecule has 0 aliphatic carbocycles. The summed E-state index contributed by atoms with van der Waals surface area (Å²) in [7, 11) is 1.49. The van der Waals surface area contributed by atoms with E-state index in [0.717, 1.165) is 41.3 Å². The molecule has 0 fully saturated rings. The van der Waals surface area contributed by atoms with Crippen molar-refractivity contribution in [1.29, 1.82) is 0 Å². The lowest BCUT2D eigenvalue weighted by Gasteiger charge is -2.22. The standard InChI is InChI=1S/C30H31N3O3S/c1-3-4-18-33(19-22-10-12-26(13-11-22)29(36)32(2)20-28(34)35)30-31-27(21-37-30)25-16-14-24(15-17-25)23-8-6-5-7-9-23/h5-17,21H,3-4,18-20H2,1-2H3,(H,34,35). The summed E-state index contributed by atoms with van der Waals surface area (Å²) in [5.41, 5.74) is 5.97. The van der Waals surface area contributed by atoms with Crippen molar-refractivity contribution in [3.05, 3.63) is 95.4 Å². The first-order valence-electron chi connectivity index (χ1n) is 12.4. The number of aromatic nitrogens is 1. The summed E-state index contributed by atoms with van der Waals surface area (Å²) in [6, 6.07) is 26.2. The van der Waals surface area contributed by atoms with Crippen molar-refractivity contribution in [2.45, 2.75) is 26.3 Å². The third kappa shape index (κ3) is 6.83. The maximum absolute atomic E-state index is 12.5. The van der Waals surface area contributed by atoms with Gasteiger partial charge in [-0.25, -0.2) is 4.98 Å². The summed E-state index contributed by atoms with van der Waals surface area (Å²) in [4.78, 5) is 31.8. The minimum atomic E-state index is -1.03. The Morgan fingerprint density at radius 3 is 2.19 bits per heavy atom. The van der Waals surface area contributed by atoms with Gasteiger partial charge in [0, 0.05) is 36.6 Å². The number of likely N-dealkylation sites (N-methyl/N-ethyl adjacent to an activating group) is 1. The van der Waals surface area contributed by atoms with Gasteiger partial charge < -0.3 is 14.9 Å². The van der Waals surface area contributed by atoms with E-state index < -0.39 is 5.97 Å². The number of hydrogen-bond acceptors (Lipinski definition) is 5. The van der Waals surface area contributed by atoms with Crippen LogP contribution in [-0.2, 0) is 11.3 Å². The number of carboxylic acid groups (broad SMARTS) is 1. The molecule has 0 spiro atoms. The number of carboxylic acids is 1. The number of thiazole rings is 1. The number of benzene rings is 3. The summed E-state index contributed by atoms with van der Waals surface area (Å²) >= 11 is 1.64. The molecular formula is C30H31N3O3S. The minimum absolute atomic E-state index is 0.306. The highest BCUT2D eigenvalue weighted by Gasteiger charge is 2.16. The monoisotopic (exact) mass is 513 g/mol. The molecule has 4 aromatic rings. The lowest BCUT2D eigenvalue weighted by atomic mass is 10.0. The van der Waals surface area contributed by atoms with Crippen molar-refractivity contribution < 1.29 is 14.7 Å². The molecule has 190 valence electrons. The van der Waals surface area contributed by atoms with Gasteiger partial charge in [-0.05, 0) is 35.2 Å². The van der Waals surface area contributed by atoms with Crippen LogP contribution in [0.1, 0.15) is 35.7 Å². The fraction of sp³-hybridized carbons (Fsp3) is 0.233. The highest BCUT2D eigenvalue weighted by atomic mass is 32.1. The van der Waals surface area contributed by atoms with Gasteiger partial charge in [0.2, 0.25) is 0 Å². The number of nitrogens with zero attached hydrogens (tertiary/aromatic N) is 3. The zero-order chi connectivity index (χ0) is 26.2. The van der Waals surface area contributed by atoms with Crippen LogP contribution in [0.2, 0.25) is 0 Å². The fourth-order valence-corrected chi connectivity index (χ4v) is 4.93. The quantitative estimate of drug-likeness (QED) is 0.250. The first-order valence-corrected chi connectivity index (χ1v) is 13.2. The van der Waals surface area contributed by atoms with E-state index in [1.165, 1.54) is 23.1 Å². The Morgan fingerprint density at radius 1 is 0.892 bits per heavy atom. The van der Waals surface area contributed by atoms with E-state index in [-0.39, 0.29) is 12.5 Å². The Kier molecular flexibility index (Phi) is 8.69. The van der Waals surface area contributed by atoms with Crippen LogP contribution in [0.25, 0.3) is 22.4 Å². The topological polar surface area (TPSA) is 73.7 Å². The second-order valence-electron chi connectivity index (χ2n) is 8.99. The van der Waals surface area contributed by atoms with Gasteiger partial charge in [0.25, 0.3) is 5.91 Å². The summed E-state index contributed by atoms with van der Waals surface area (Å²) in [5, 5.41) is 12.0. The first kappa shape index (κ1) is 26.1. The van der Waals surface area contributed by atoms with Crippen molar-refractivity contribution >= 4 is 28.3 Å². The third-order valence-electron chi connectivity index (χ3n) is 6.13. The second-order valence-corrected chi connectivity index (χ2v) is 9.82. The average molecular weight is 514 g/mol. The maximum Gasteiger partial charge on any atom is 0.323 e. The van der Waals surface area contributed by atoms with Gasteiger partial charge in [-0.15, -0.1) is 11.3 Å². The Morgan fingerprint density at radius 2 is 1.54 bits per heavy atom. The van der Waals surface area contributed by atoms with Gasteiger partial charge in [0.05, 0.1) is 5.69 Å². The molecule has 0 unspecified atom stereocenters. The summed E-state index contributed by atoms with van der Waals surface area (Å²) in [5.74, 6) is -1.34. The molecule has 37 heavy (non-hydrogen) atoms. The molecule has 7 heteroatoms. The number of carbonyl (C=O) groups excluding carboxylic acids is 1. The van der Waals surface area contributed by atoms with Crippen LogP contribution in [0.5, 0.6) is 0 Å². The average Bonchev–Trinajstić information content (AvgIpc) is 3.41. The molecule has 3 aromatic carbocycles. The zero-order valence-corrected chi connectivity index (χ0v) is 21.9. The van der Waals surface area contributed by atoms with Crippen molar-refractivity contribution in [1.82, 2.24) is 9.88 Å². The third-order valence-corrected chi connectivity index (χ3v) is 7.03. The summed E-state index contributed by atoms with van der Waals surface area (Å²) < 4.78 is 0. The van der Waals surface area contributed by atoms with Crippen LogP contribution < -0.4 is 4.90 Å². The second kappa shape index (κ2) is 12.3. The number of amides is 1. The van der Waals surface area contributed by atoms with Gasteiger partial charge in [0.15, 0.2) is 5.13 Å². The molecule has 1 aromatic heterocycles. The van der Waals surface area contributed by atoms with Crippen molar-refractivity contribution in [3.8, 4) is 22.4 Å². The van der Waals surface area contributed by atoms with E-state index in [0.29, 0.717) is 12.1 Å². The molecule has 1 amide bonds. The van der Waals surface area contributed by atoms with E-state index >= 15 is 0 Å². The molecule has 0 bridgehead atoms. The van der Waals surface area contributed by atoms with E-state index in [2.05, 4.69) is 53.6 Å². The summed E-state index contributed by atoms with van der Waals surface area (Å²) in [6.07, 6.45) is 2.14. The molecule has 0 aliphatic rings. The highest BCUT2D eigenvalue weighted by Crippen LogP contribution is 2.30. The van der Waals surface area contributed by atoms with E-state index in [1.54, 1.807) is 23.5 Å². The smallest absolute Gasteiger partial charge is 0.323 e. The molecule has 0 atom stereocenters. The zero-order valence-electron chi connectivity index (χ0n) is 21.1. The fourth-order valence-electron chi connectivity index (χ4n) is 4.07. The molecule has 0 aliphatic heterocycles. The highest BCUT2D eigenvalue weighted by molar-refractivity contribution is 7.14. The molecule has 0 saturated carbocycles. The Bertz CT molecular complexity index is 1320. The van der Waals surface area contributed by atoms with Crippen molar-refractivity contribution in [2.24, 2.45) is 0 Å². The molecule has 6 nitrogen and oxygen atoms in total. The number of carbonyl (C=O) groups is 2. The van der Waals surface area contributed by atoms with E-state index in [4.69, 9.17) is 10.1 Å². The van der Waals surface area contributed by atoms with Crippen molar-refractivity contribution in [3.63, 3.8) is 0 Å². The van der Waals surface area contributed by atoms with Gasteiger partial charge in [-0.3, -0.25) is 9.59 Å². The van der Waals surface area contributed by atoms with Gasteiger partial charge in [0.1, 0.15) is 6.54 Å². The van der Waals surface area contributed by atoms with Gasteiger partial charge in [-0.2, -0.15) is 0 Å². The first-order chi connectivity index (χ1) is 17.9. The maximum atomic E-state index is 12.5. The molecule has 1 N–H and O–H groups in total. The lowest BCUT2D eigenvalue weighted by Crippen LogP contribution is -2.31. The number of hydrogen-bond donors (Lipinski definition) is 1. The predicted molar refractivity (Wildman–Crippen MR) is 150 cm³/mol. The largest absolute Gasteiger partial charge is 0.480 e. The normalized spacial score (nSPS) is 10.8. The molecule has 0 saturated heterocycles. The van der Waals surface area contributed by atoms with Gasteiger partial charge >= 0.3 is 5.97 Å². The van der Waals surface area contributed by atoms with E-state index in [1.807, 2.05) is 30.3 Å². The van der Waals surface area contributed by atoms with Crippen LogP contribution in [-0.4, -0.2) is 47.0 Å². The summed E-state index contributed by atoms with van der Waals surface area (Å²) in [6.45, 7) is 3.41. The molecule has 0 radical (unpaired) electrons. The minimum Gasteiger partial charge on any atom is -0.480 e. The van der Waals surface area contributed by atoms with Crippen LogP contribution >= 0.6 is 11.3 Å².